The molecule has 0 spiro atoms. The summed E-state index contributed by atoms with van der Waals surface area (Å²) in [6.45, 7) is 2.03. The van der Waals surface area contributed by atoms with Crippen molar-refractivity contribution in [3.05, 3.63) is 39.8 Å². The number of alkyl halides is 1. The van der Waals surface area contributed by atoms with Crippen LogP contribution >= 0.6 is 22.6 Å². The van der Waals surface area contributed by atoms with Gasteiger partial charge in [-0.05, 0) is 34.5 Å². The Bertz CT molecular complexity index is 572. The minimum absolute atomic E-state index is 0.225. The number of tetrazole rings is 1. The number of aromatic nitrogens is 4. The van der Waals surface area contributed by atoms with Crippen LogP contribution in [0.3, 0.4) is 0 Å². The van der Waals surface area contributed by atoms with E-state index in [4.69, 9.17) is 0 Å². The Balaban J connectivity index is 2.69. The van der Waals surface area contributed by atoms with Crippen LogP contribution in [-0.2, 0) is 11.5 Å². The molecule has 0 aliphatic heterocycles. The van der Waals surface area contributed by atoms with Gasteiger partial charge in [0.15, 0.2) is 0 Å². The third kappa shape index (κ3) is 1.77. The van der Waals surface area contributed by atoms with Gasteiger partial charge < -0.3 is 0 Å². The van der Waals surface area contributed by atoms with Crippen molar-refractivity contribution in [2.24, 2.45) is 7.05 Å². The number of nitrogens with zero attached hydrogens (tertiary/aromatic N) is 4. The van der Waals surface area contributed by atoms with E-state index in [1.807, 2.05) is 25.1 Å². The fourth-order valence-electron chi connectivity index (χ4n) is 1.52. The maximum absolute atomic E-state index is 11.7. The van der Waals surface area contributed by atoms with Gasteiger partial charge in [0, 0.05) is 11.5 Å². The van der Waals surface area contributed by atoms with Crippen LogP contribution in [0, 0.1) is 6.92 Å². The molecule has 0 bridgehead atoms. The first-order chi connectivity index (χ1) is 7.65. The van der Waals surface area contributed by atoms with E-state index in [1.165, 1.54) is 9.36 Å². The summed E-state index contributed by atoms with van der Waals surface area (Å²) in [5, 5.41) is 7.56. The van der Waals surface area contributed by atoms with E-state index in [9.17, 15) is 4.79 Å². The fourth-order valence-corrected chi connectivity index (χ4v) is 2.52. The van der Waals surface area contributed by atoms with Gasteiger partial charge >= 0.3 is 5.69 Å². The monoisotopic (exact) mass is 330 g/mol. The molecule has 0 aliphatic rings. The lowest BCUT2D eigenvalue weighted by atomic mass is 10.1. The molecule has 84 valence electrons. The predicted molar refractivity (Wildman–Crippen MR) is 69.1 cm³/mol. The van der Waals surface area contributed by atoms with E-state index in [-0.39, 0.29) is 5.69 Å². The molecule has 0 aliphatic carbocycles. The molecule has 1 aromatic heterocycles. The first-order valence-corrected chi connectivity index (χ1v) is 6.31. The first kappa shape index (κ1) is 11.3. The Morgan fingerprint density at radius 2 is 2.12 bits per heavy atom. The molecule has 0 N–H and O–H groups in total. The number of hydrogen-bond donors (Lipinski definition) is 0. The van der Waals surface area contributed by atoms with E-state index in [0.29, 0.717) is 0 Å². The largest absolute Gasteiger partial charge is 0.368 e. The zero-order valence-corrected chi connectivity index (χ0v) is 11.2. The standard InChI is InChI=1S/C10H11IN4O/c1-7-4-3-5-9(8(7)6-11)15-10(16)14(2)12-13-15/h3-5H,6H2,1-2H3. The molecule has 0 unspecified atom stereocenters. The Labute approximate surface area is 106 Å². The van der Waals surface area contributed by atoms with Gasteiger partial charge in [0.2, 0.25) is 0 Å². The van der Waals surface area contributed by atoms with Crippen LogP contribution in [0.4, 0.5) is 0 Å². The molecule has 0 atom stereocenters. The van der Waals surface area contributed by atoms with Crippen LogP contribution in [0.15, 0.2) is 23.0 Å². The van der Waals surface area contributed by atoms with Crippen LogP contribution in [0.1, 0.15) is 11.1 Å². The molecule has 0 radical (unpaired) electrons. The van der Waals surface area contributed by atoms with Gasteiger partial charge in [0.05, 0.1) is 5.69 Å². The highest BCUT2D eigenvalue weighted by atomic mass is 127. The summed E-state index contributed by atoms with van der Waals surface area (Å²) in [4.78, 5) is 11.7. The predicted octanol–water partition coefficient (Wildman–Crippen LogP) is 1.21. The van der Waals surface area contributed by atoms with Crippen LogP contribution in [-0.4, -0.2) is 19.8 Å². The zero-order chi connectivity index (χ0) is 11.7. The second-order valence-corrected chi connectivity index (χ2v) is 4.27. The SMILES string of the molecule is Cc1cccc(-n2nnn(C)c2=O)c1CI. The lowest BCUT2D eigenvalue weighted by molar-refractivity contribution is 0.692. The van der Waals surface area contributed by atoms with E-state index >= 15 is 0 Å². The zero-order valence-electron chi connectivity index (χ0n) is 9.01. The van der Waals surface area contributed by atoms with Crippen molar-refractivity contribution >= 4 is 22.6 Å². The molecular formula is C10H11IN4O. The number of rotatable bonds is 2. The van der Waals surface area contributed by atoms with Gasteiger partial charge in [-0.3, -0.25) is 0 Å². The number of hydrogen-bond acceptors (Lipinski definition) is 3. The van der Waals surface area contributed by atoms with Crippen molar-refractivity contribution in [1.29, 1.82) is 0 Å². The number of aryl methyl sites for hydroxylation is 2. The lowest BCUT2D eigenvalue weighted by Gasteiger charge is -2.07. The van der Waals surface area contributed by atoms with Crippen molar-refractivity contribution in [3.63, 3.8) is 0 Å². The molecular weight excluding hydrogens is 319 g/mol. The lowest BCUT2D eigenvalue weighted by Crippen LogP contribution is -2.22. The summed E-state index contributed by atoms with van der Waals surface area (Å²) in [6.07, 6.45) is 0. The first-order valence-electron chi connectivity index (χ1n) is 4.79. The third-order valence-electron chi connectivity index (χ3n) is 2.47. The van der Waals surface area contributed by atoms with Crippen molar-refractivity contribution < 1.29 is 0 Å². The molecule has 0 saturated carbocycles. The van der Waals surface area contributed by atoms with Crippen molar-refractivity contribution in [1.82, 2.24) is 19.8 Å². The summed E-state index contributed by atoms with van der Waals surface area (Å²) in [5.41, 5.74) is 2.86. The number of halogens is 1. The quantitative estimate of drug-likeness (QED) is 0.614. The summed E-state index contributed by atoms with van der Waals surface area (Å²) in [5.74, 6) is 0. The fraction of sp³-hybridized carbons (Fsp3) is 0.300. The summed E-state index contributed by atoms with van der Waals surface area (Å²) >= 11 is 2.28. The van der Waals surface area contributed by atoms with E-state index < -0.39 is 0 Å². The second-order valence-electron chi connectivity index (χ2n) is 3.50. The van der Waals surface area contributed by atoms with Crippen LogP contribution in [0.2, 0.25) is 0 Å². The normalized spacial score (nSPS) is 10.7. The maximum atomic E-state index is 11.7. The molecule has 16 heavy (non-hydrogen) atoms. The van der Waals surface area contributed by atoms with Gasteiger partial charge in [0.25, 0.3) is 0 Å². The van der Waals surface area contributed by atoms with Gasteiger partial charge in [-0.25, -0.2) is 4.79 Å². The molecule has 1 aromatic carbocycles. The van der Waals surface area contributed by atoms with Gasteiger partial charge in [-0.2, -0.15) is 9.36 Å². The minimum atomic E-state index is -0.225. The Morgan fingerprint density at radius 3 is 2.69 bits per heavy atom. The molecule has 6 heteroatoms. The molecule has 0 fully saturated rings. The van der Waals surface area contributed by atoms with Crippen molar-refractivity contribution in [3.8, 4) is 5.69 Å². The van der Waals surface area contributed by atoms with Crippen LogP contribution in [0.25, 0.3) is 5.69 Å². The van der Waals surface area contributed by atoms with Crippen molar-refractivity contribution in [2.75, 3.05) is 0 Å². The highest BCUT2D eigenvalue weighted by Crippen LogP contribution is 2.19. The third-order valence-corrected chi connectivity index (χ3v) is 3.23. The van der Waals surface area contributed by atoms with Crippen LogP contribution in [0.5, 0.6) is 0 Å². The summed E-state index contributed by atoms with van der Waals surface area (Å²) in [7, 11) is 1.59. The second kappa shape index (κ2) is 4.36. The smallest absolute Gasteiger partial charge is 0.244 e. The van der Waals surface area contributed by atoms with E-state index in [0.717, 1.165) is 21.2 Å². The molecule has 2 aromatic rings. The Kier molecular flexibility index (Phi) is 3.08. The van der Waals surface area contributed by atoms with Gasteiger partial charge in [-0.1, -0.05) is 34.7 Å². The van der Waals surface area contributed by atoms with E-state index in [2.05, 4.69) is 33.0 Å². The molecule has 2 rings (SSSR count). The average molecular weight is 330 g/mol. The molecule has 1 heterocycles. The topological polar surface area (TPSA) is 52.7 Å². The number of benzene rings is 1. The molecule has 5 nitrogen and oxygen atoms in total. The maximum Gasteiger partial charge on any atom is 0.368 e. The summed E-state index contributed by atoms with van der Waals surface area (Å²) < 4.78 is 3.39. The Hall–Kier alpha value is -1.18. The van der Waals surface area contributed by atoms with Crippen molar-refractivity contribution in [2.45, 2.75) is 11.4 Å². The molecule has 0 amide bonds. The van der Waals surface area contributed by atoms with Gasteiger partial charge in [-0.15, -0.1) is 0 Å². The highest BCUT2D eigenvalue weighted by Gasteiger charge is 2.11. The molecule has 0 saturated heterocycles. The van der Waals surface area contributed by atoms with Crippen LogP contribution < -0.4 is 5.69 Å². The van der Waals surface area contributed by atoms with E-state index in [1.54, 1.807) is 7.05 Å². The highest BCUT2D eigenvalue weighted by molar-refractivity contribution is 14.1. The minimum Gasteiger partial charge on any atom is -0.244 e. The Morgan fingerprint density at radius 1 is 1.38 bits per heavy atom. The average Bonchev–Trinajstić information content (AvgIpc) is 2.59. The van der Waals surface area contributed by atoms with Gasteiger partial charge in [0.1, 0.15) is 0 Å². The summed E-state index contributed by atoms with van der Waals surface area (Å²) in [6, 6.07) is 5.83.